The molecule has 14 rings (SSSR count). The molecular weight excluding hydrogens is 847 g/mol. The number of aromatic nitrogens is 3. The van der Waals surface area contributed by atoms with Crippen LogP contribution in [0.3, 0.4) is 0 Å². The fourth-order valence-electron chi connectivity index (χ4n) is 9.98. The topological polar surface area (TPSA) is 38.7 Å². The van der Waals surface area contributed by atoms with Gasteiger partial charge >= 0.3 is 0 Å². The molecule has 0 radical (unpaired) electrons. The Morgan fingerprint density at radius 3 is 1.54 bits per heavy atom. The first-order valence-electron chi connectivity index (χ1n) is 21.8. The molecule has 0 N–H and O–H groups in total. The van der Waals surface area contributed by atoms with E-state index in [2.05, 4.69) is 200 Å². The zero-order chi connectivity index (χ0) is 42.6. The van der Waals surface area contributed by atoms with Crippen molar-refractivity contribution in [2.24, 2.45) is 0 Å². The van der Waals surface area contributed by atoms with Crippen molar-refractivity contribution in [2.45, 2.75) is 0 Å². The van der Waals surface area contributed by atoms with E-state index < -0.39 is 0 Å². The molecule has 0 amide bonds. The average Bonchev–Trinajstić information content (AvgIpc) is 4.08. The molecule has 65 heavy (non-hydrogen) atoms. The van der Waals surface area contributed by atoms with Gasteiger partial charge in [0.2, 0.25) is 0 Å². The lowest BCUT2D eigenvalue weighted by molar-refractivity contribution is 1.19. The van der Waals surface area contributed by atoms with E-state index in [1.807, 2.05) is 34.0 Å². The summed E-state index contributed by atoms with van der Waals surface area (Å²) in [5.74, 6) is 0.724. The average molecular weight is 880 g/mol. The zero-order valence-electron chi connectivity index (χ0n) is 34.6. The van der Waals surface area contributed by atoms with Gasteiger partial charge in [-0.15, -0.1) is 34.0 Å². The van der Waals surface area contributed by atoms with Crippen LogP contribution in [0.5, 0.6) is 0 Å². The summed E-state index contributed by atoms with van der Waals surface area (Å²) in [7, 11) is 0. The van der Waals surface area contributed by atoms with Crippen LogP contribution in [0.2, 0.25) is 0 Å². The van der Waals surface area contributed by atoms with Gasteiger partial charge in [-0.2, -0.15) is 0 Å². The minimum absolute atomic E-state index is 0.724. The fraction of sp³-hybridized carbons (Fsp3) is 0. The quantitative estimate of drug-likeness (QED) is 0.162. The standard InChI is InChI=1S/C59H33N3S3/c1-2-14-36(15-3-1)57-44-32-43(58-56(41-19-7-11-25-50(41)65-58)55(44)37-16-4-8-22-45(37)60-57)34-28-30-35(31-29-34)46-33-47(38-20-12-26-51-53(38)39-17-5-9-23-48(39)63-51)62-59(61-46)42-21-13-27-52-54(42)40-18-6-10-24-49(40)64-52/h1-33H. The minimum atomic E-state index is 0.724. The van der Waals surface area contributed by atoms with Crippen LogP contribution in [-0.4, -0.2) is 15.0 Å². The number of pyridine rings is 1. The van der Waals surface area contributed by atoms with Crippen molar-refractivity contribution in [2.75, 3.05) is 0 Å². The van der Waals surface area contributed by atoms with Gasteiger partial charge in [0.05, 0.1) is 22.6 Å². The van der Waals surface area contributed by atoms with Gasteiger partial charge in [-0.1, -0.05) is 152 Å². The number of para-hydroxylation sites is 1. The Bertz CT molecular complexity index is 4110. The second kappa shape index (κ2) is 14.5. The summed E-state index contributed by atoms with van der Waals surface area (Å²) in [5, 5.41) is 11.1. The summed E-state index contributed by atoms with van der Waals surface area (Å²) in [6.45, 7) is 0. The summed E-state index contributed by atoms with van der Waals surface area (Å²) < 4.78 is 7.57. The molecule has 0 aliphatic heterocycles. The maximum Gasteiger partial charge on any atom is 0.161 e. The number of hydrogen-bond donors (Lipinski definition) is 0. The van der Waals surface area contributed by atoms with E-state index in [0.29, 0.717) is 0 Å². The lowest BCUT2D eigenvalue weighted by Crippen LogP contribution is -1.97. The molecule has 0 atom stereocenters. The summed E-state index contributed by atoms with van der Waals surface area (Å²) in [6.07, 6.45) is 0. The number of benzene rings is 9. The van der Waals surface area contributed by atoms with Gasteiger partial charge in [0.1, 0.15) is 0 Å². The molecule has 3 nitrogen and oxygen atoms in total. The van der Waals surface area contributed by atoms with Crippen molar-refractivity contribution < 1.29 is 0 Å². The Morgan fingerprint density at radius 1 is 0.292 bits per heavy atom. The molecule has 14 aromatic rings. The number of thiophene rings is 3. The van der Waals surface area contributed by atoms with Crippen LogP contribution in [0.25, 0.3) is 138 Å². The molecule has 302 valence electrons. The highest BCUT2D eigenvalue weighted by atomic mass is 32.1. The van der Waals surface area contributed by atoms with Crippen LogP contribution < -0.4 is 0 Å². The van der Waals surface area contributed by atoms with Gasteiger partial charge in [-0.05, 0) is 54.1 Å². The zero-order valence-corrected chi connectivity index (χ0v) is 37.1. The van der Waals surface area contributed by atoms with E-state index >= 15 is 0 Å². The summed E-state index contributed by atoms with van der Waals surface area (Å²) in [6, 6.07) is 72.2. The molecule has 0 fully saturated rings. The van der Waals surface area contributed by atoms with Crippen LogP contribution in [0.4, 0.5) is 0 Å². The van der Waals surface area contributed by atoms with Crippen molar-refractivity contribution in [3.05, 3.63) is 200 Å². The molecule has 5 heterocycles. The van der Waals surface area contributed by atoms with E-state index in [1.165, 1.54) is 76.9 Å². The monoisotopic (exact) mass is 879 g/mol. The van der Waals surface area contributed by atoms with Crippen LogP contribution in [-0.2, 0) is 0 Å². The van der Waals surface area contributed by atoms with Gasteiger partial charge in [0.15, 0.2) is 5.82 Å². The highest BCUT2D eigenvalue weighted by Crippen LogP contribution is 2.49. The Kier molecular flexibility index (Phi) is 8.19. The molecule has 0 bridgehead atoms. The Labute approximate surface area is 385 Å². The maximum absolute atomic E-state index is 5.47. The highest BCUT2D eigenvalue weighted by Gasteiger charge is 2.22. The summed E-state index contributed by atoms with van der Waals surface area (Å²) in [5.41, 5.74) is 10.4. The third-order valence-electron chi connectivity index (χ3n) is 12.9. The second-order valence-corrected chi connectivity index (χ2v) is 19.8. The molecule has 0 saturated carbocycles. The van der Waals surface area contributed by atoms with Gasteiger partial charge in [0.25, 0.3) is 0 Å². The molecule has 5 aromatic heterocycles. The first kappa shape index (κ1) is 36.8. The lowest BCUT2D eigenvalue weighted by atomic mass is 9.92. The van der Waals surface area contributed by atoms with E-state index in [0.717, 1.165) is 61.6 Å². The Morgan fingerprint density at radius 2 is 0.831 bits per heavy atom. The van der Waals surface area contributed by atoms with Crippen molar-refractivity contribution in [3.8, 4) is 56.3 Å². The Hall–Kier alpha value is -7.61. The maximum atomic E-state index is 5.47. The van der Waals surface area contributed by atoms with E-state index in [-0.39, 0.29) is 0 Å². The molecule has 0 spiro atoms. The van der Waals surface area contributed by atoms with Gasteiger partial charge < -0.3 is 0 Å². The predicted molar refractivity (Wildman–Crippen MR) is 281 cm³/mol. The Balaban J connectivity index is 0.999. The number of fused-ring (bicyclic) bond motifs is 13. The number of rotatable bonds is 5. The third kappa shape index (κ3) is 5.75. The number of nitrogens with zero attached hydrogens (tertiary/aromatic N) is 3. The smallest absolute Gasteiger partial charge is 0.161 e. The molecule has 0 aliphatic carbocycles. The largest absolute Gasteiger partial charge is 0.247 e. The molecule has 0 unspecified atom stereocenters. The van der Waals surface area contributed by atoms with Crippen LogP contribution >= 0.6 is 34.0 Å². The predicted octanol–water partition coefficient (Wildman–Crippen LogP) is 17.6. The first-order chi connectivity index (χ1) is 32.2. The van der Waals surface area contributed by atoms with E-state index in [1.54, 1.807) is 0 Å². The summed E-state index contributed by atoms with van der Waals surface area (Å²) in [4.78, 5) is 16.3. The third-order valence-corrected chi connectivity index (χ3v) is 16.4. The van der Waals surface area contributed by atoms with Crippen LogP contribution in [0.1, 0.15) is 0 Å². The molecule has 0 aliphatic rings. The van der Waals surface area contributed by atoms with Crippen molar-refractivity contribution in [1.29, 1.82) is 0 Å². The molecule has 9 aromatic carbocycles. The van der Waals surface area contributed by atoms with Gasteiger partial charge in [-0.25, -0.2) is 15.0 Å². The van der Waals surface area contributed by atoms with Crippen molar-refractivity contribution in [1.82, 2.24) is 15.0 Å². The van der Waals surface area contributed by atoms with E-state index in [4.69, 9.17) is 15.0 Å². The number of hydrogen-bond acceptors (Lipinski definition) is 6. The van der Waals surface area contributed by atoms with E-state index in [9.17, 15) is 0 Å². The fourth-order valence-corrected chi connectivity index (χ4v) is 13.5. The first-order valence-corrected chi connectivity index (χ1v) is 24.2. The normalized spacial score (nSPS) is 12.0. The molecule has 6 heteroatoms. The molecule has 0 saturated heterocycles. The highest BCUT2D eigenvalue weighted by molar-refractivity contribution is 7.27. The second-order valence-electron chi connectivity index (χ2n) is 16.6. The van der Waals surface area contributed by atoms with Crippen LogP contribution in [0, 0.1) is 0 Å². The molecular formula is C59H33N3S3. The lowest BCUT2D eigenvalue weighted by Gasteiger charge is -2.15. The van der Waals surface area contributed by atoms with Gasteiger partial charge in [-0.3, -0.25) is 0 Å². The minimum Gasteiger partial charge on any atom is -0.247 e. The van der Waals surface area contributed by atoms with Crippen LogP contribution in [0.15, 0.2) is 200 Å². The SMILES string of the molecule is c1ccc(-c2nc3ccccc3c3c2cc(-c2ccc(-c4cc(-c5cccc6sc7ccccc7c56)nc(-c5cccc6sc7ccccc7c56)n4)cc2)c2sc4ccccc4c23)cc1. The summed E-state index contributed by atoms with van der Waals surface area (Å²) >= 11 is 5.53. The van der Waals surface area contributed by atoms with Gasteiger partial charge in [0, 0.05) is 104 Å². The van der Waals surface area contributed by atoms with Crippen molar-refractivity contribution in [3.63, 3.8) is 0 Å². The van der Waals surface area contributed by atoms with Crippen molar-refractivity contribution >= 4 is 116 Å².